The first-order valence-corrected chi connectivity index (χ1v) is 10.1. The monoisotopic (exact) mass is 394 g/mol. The molecule has 0 aliphatic heterocycles. The molecule has 3 rings (SSSR count). The Kier molecular flexibility index (Phi) is 6.54. The van der Waals surface area contributed by atoms with Crippen molar-refractivity contribution in [3.05, 3.63) is 65.2 Å². The predicted octanol–water partition coefficient (Wildman–Crippen LogP) is 3.45. The lowest BCUT2D eigenvalue weighted by molar-refractivity contribution is 0.0657. The Morgan fingerprint density at radius 2 is 2.00 bits per heavy atom. The topological polar surface area (TPSA) is 82.7 Å². The summed E-state index contributed by atoms with van der Waals surface area (Å²) in [6.07, 6.45) is 2.65. The van der Waals surface area contributed by atoms with E-state index in [-0.39, 0.29) is 6.54 Å². The molecule has 0 fully saturated rings. The fourth-order valence-electron chi connectivity index (χ4n) is 3.51. The van der Waals surface area contributed by atoms with E-state index < -0.39 is 5.60 Å². The van der Waals surface area contributed by atoms with Crippen LogP contribution in [0.2, 0.25) is 0 Å². The summed E-state index contributed by atoms with van der Waals surface area (Å²) in [6.45, 7) is 9.22. The van der Waals surface area contributed by atoms with Crippen LogP contribution < -0.4 is 10.6 Å². The maximum atomic E-state index is 10.9. The molecule has 0 saturated heterocycles. The van der Waals surface area contributed by atoms with E-state index in [1.165, 1.54) is 5.56 Å². The van der Waals surface area contributed by atoms with Crippen molar-refractivity contribution in [3.63, 3.8) is 0 Å². The highest BCUT2D eigenvalue weighted by Crippen LogP contribution is 2.27. The van der Waals surface area contributed by atoms with Crippen LogP contribution in [0.5, 0.6) is 0 Å². The summed E-state index contributed by atoms with van der Waals surface area (Å²) in [7, 11) is 0. The average molecular weight is 395 g/mol. The van der Waals surface area contributed by atoms with E-state index in [0.29, 0.717) is 12.5 Å². The minimum absolute atomic E-state index is 0.234. The molecule has 154 valence electrons. The molecule has 2 heterocycles. The van der Waals surface area contributed by atoms with Gasteiger partial charge < -0.3 is 20.2 Å². The van der Waals surface area contributed by atoms with Crippen LogP contribution in [0.1, 0.15) is 36.5 Å². The summed E-state index contributed by atoms with van der Waals surface area (Å²) >= 11 is 0. The lowest BCUT2D eigenvalue weighted by Gasteiger charge is -2.21. The number of aryl methyl sites for hydroxylation is 2. The van der Waals surface area contributed by atoms with Crippen molar-refractivity contribution in [1.82, 2.24) is 15.6 Å². The summed E-state index contributed by atoms with van der Waals surface area (Å²) in [5.74, 6) is 2.19. The number of para-hydroxylation sites is 1. The highest BCUT2D eigenvalue weighted by Gasteiger charge is 2.27. The largest absolute Gasteiger partial charge is 0.466 e. The summed E-state index contributed by atoms with van der Waals surface area (Å²) < 4.78 is 5.56. The van der Waals surface area contributed by atoms with Crippen LogP contribution in [-0.4, -0.2) is 35.7 Å². The Morgan fingerprint density at radius 3 is 2.72 bits per heavy atom. The summed E-state index contributed by atoms with van der Waals surface area (Å²) in [4.78, 5) is 9.10. The average Bonchev–Trinajstić information content (AvgIpc) is 3.05. The number of fused-ring (bicyclic) bond motifs is 1. The van der Waals surface area contributed by atoms with Crippen molar-refractivity contribution in [2.45, 2.75) is 39.7 Å². The zero-order valence-corrected chi connectivity index (χ0v) is 17.6. The first kappa shape index (κ1) is 20.9. The normalized spacial score (nSPS) is 14.0. The third kappa shape index (κ3) is 5.15. The number of furan rings is 1. The van der Waals surface area contributed by atoms with Gasteiger partial charge in [-0.15, -0.1) is 0 Å². The molecule has 0 amide bonds. The van der Waals surface area contributed by atoms with Crippen molar-refractivity contribution in [3.8, 4) is 0 Å². The van der Waals surface area contributed by atoms with E-state index in [1.54, 1.807) is 6.92 Å². The Labute approximate surface area is 172 Å². The minimum atomic E-state index is -1.09. The standard InChI is InChI=1S/C23H30N4O2/c1-5-24-22(27-15-23(4,28)20-14-16(2)29-17(20)3)26-13-11-19-9-6-8-18-10-7-12-25-21(18)19/h6-10,12,14,28H,5,11,13,15H2,1-4H3,(H2,24,26,27). The number of benzene rings is 1. The first-order chi connectivity index (χ1) is 13.9. The van der Waals surface area contributed by atoms with Gasteiger partial charge in [-0.3, -0.25) is 4.98 Å². The number of aliphatic hydroxyl groups is 1. The van der Waals surface area contributed by atoms with Crippen LogP contribution in [0.25, 0.3) is 10.9 Å². The van der Waals surface area contributed by atoms with E-state index in [4.69, 9.17) is 4.42 Å². The Balaban J connectivity index is 1.65. The predicted molar refractivity (Wildman–Crippen MR) is 117 cm³/mol. The maximum absolute atomic E-state index is 10.9. The molecule has 1 atom stereocenters. The van der Waals surface area contributed by atoms with Gasteiger partial charge in [0.05, 0.1) is 12.1 Å². The molecule has 0 aliphatic carbocycles. The molecule has 0 bridgehead atoms. The number of aromatic nitrogens is 1. The fourth-order valence-corrected chi connectivity index (χ4v) is 3.51. The number of pyridine rings is 1. The third-order valence-electron chi connectivity index (χ3n) is 4.91. The van der Waals surface area contributed by atoms with Gasteiger partial charge in [0.2, 0.25) is 0 Å². The third-order valence-corrected chi connectivity index (χ3v) is 4.91. The van der Waals surface area contributed by atoms with Gasteiger partial charge >= 0.3 is 0 Å². The van der Waals surface area contributed by atoms with Gasteiger partial charge in [0.25, 0.3) is 0 Å². The lowest BCUT2D eigenvalue weighted by Crippen LogP contribution is -2.39. The van der Waals surface area contributed by atoms with Crippen LogP contribution >= 0.6 is 0 Å². The van der Waals surface area contributed by atoms with Gasteiger partial charge in [-0.2, -0.15) is 0 Å². The number of aliphatic imine (C=N–C) groups is 1. The molecule has 6 nitrogen and oxygen atoms in total. The zero-order valence-electron chi connectivity index (χ0n) is 17.6. The van der Waals surface area contributed by atoms with Gasteiger partial charge in [0.15, 0.2) is 5.96 Å². The number of nitrogens with zero attached hydrogens (tertiary/aromatic N) is 2. The molecule has 0 radical (unpaired) electrons. The smallest absolute Gasteiger partial charge is 0.191 e. The first-order valence-electron chi connectivity index (χ1n) is 10.1. The maximum Gasteiger partial charge on any atom is 0.191 e. The zero-order chi connectivity index (χ0) is 20.9. The van der Waals surface area contributed by atoms with Crippen LogP contribution in [0, 0.1) is 13.8 Å². The van der Waals surface area contributed by atoms with Crippen molar-refractivity contribution >= 4 is 16.9 Å². The SMILES string of the molecule is CCNC(=NCC(C)(O)c1cc(C)oc1C)NCCc1cccc2cccnc12. The van der Waals surface area contributed by atoms with Crippen molar-refractivity contribution in [2.24, 2.45) is 4.99 Å². The Morgan fingerprint density at radius 1 is 1.21 bits per heavy atom. The van der Waals surface area contributed by atoms with Crippen LogP contribution in [0.4, 0.5) is 0 Å². The highest BCUT2D eigenvalue weighted by molar-refractivity contribution is 5.82. The number of hydrogen-bond donors (Lipinski definition) is 3. The van der Waals surface area contributed by atoms with Crippen molar-refractivity contribution in [2.75, 3.05) is 19.6 Å². The van der Waals surface area contributed by atoms with E-state index in [2.05, 4.69) is 44.9 Å². The fraction of sp³-hybridized carbons (Fsp3) is 0.391. The number of rotatable bonds is 7. The number of guanidine groups is 1. The molecule has 29 heavy (non-hydrogen) atoms. The minimum Gasteiger partial charge on any atom is -0.466 e. The highest BCUT2D eigenvalue weighted by atomic mass is 16.3. The van der Waals surface area contributed by atoms with Crippen LogP contribution in [0.15, 0.2) is 52.0 Å². The second kappa shape index (κ2) is 9.09. The molecule has 0 aliphatic rings. The van der Waals surface area contributed by atoms with E-state index in [9.17, 15) is 5.11 Å². The molecule has 0 saturated carbocycles. The van der Waals surface area contributed by atoms with Gasteiger partial charge in [-0.1, -0.05) is 24.3 Å². The number of hydrogen-bond acceptors (Lipinski definition) is 4. The second-order valence-electron chi connectivity index (χ2n) is 7.46. The van der Waals surface area contributed by atoms with E-state index >= 15 is 0 Å². The summed E-state index contributed by atoms with van der Waals surface area (Å²) in [6, 6.07) is 12.1. The number of nitrogens with one attached hydrogen (secondary N) is 2. The van der Waals surface area contributed by atoms with Gasteiger partial charge in [0, 0.05) is 30.2 Å². The Bertz CT molecular complexity index is 986. The molecule has 1 aromatic carbocycles. The molecule has 2 aromatic heterocycles. The van der Waals surface area contributed by atoms with Crippen molar-refractivity contribution < 1.29 is 9.52 Å². The Hall–Kier alpha value is -2.86. The molecule has 3 aromatic rings. The summed E-state index contributed by atoms with van der Waals surface area (Å²) in [5.41, 5.74) is 1.91. The van der Waals surface area contributed by atoms with Crippen molar-refractivity contribution in [1.29, 1.82) is 0 Å². The van der Waals surface area contributed by atoms with Crippen LogP contribution in [0.3, 0.4) is 0 Å². The summed E-state index contributed by atoms with van der Waals surface area (Å²) in [5, 5.41) is 18.6. The van der Waals surface area contributed by atoms with Crippen LogP contribution in [-0.2, 0) is 12.0 Å². The van der Waals surface area contributed by atoms with Gasteiger partial charge in [0.1, 0.15) is 17.1 Å². The molecule has 1 unspecified atom stereocenters. The molecule has 3 N–H and O–H groups in total. The van der Waals surface area contributed by atoms with E-state index in [0.717, 1.165) is 41.0 Å². The van der Waals surface area contributed by atoms with Gasteiger partial charge in [-0.25, -0.2) is 4.99 Å². The molecular weight excluding hydrogens is 364 g/mol. The quantitative estimate of drug-likeness (QED) is 0.422. The molecule has 6 heteroatoms. The lowest BCUT2D eigenvalue weighted by atomic mass is 9.96. The molecule has 0 spiro atoms. The van der Waals surface area contributed by atoms with E-state index in [1.807, 2.05) is 39.1 Å². The van der Waals surface area contributed by atoms with Gasteiger partial charge in [-0.05, 0) is 51.8 Å². The molecular formula is C23H30N4O2. The second-order valence-corrected chi connectivity index (χ2v) is 7.46.